The zero-order chi connectivity index (χ0) is 19.9. The van der Waals surface area contributed by atoms with E-state index in [4.69, 9.17) is 5.11 Å². The second-order valence-corrected chi connectivity index (χ2v) is 6.56. The Bertz CT molecular complexity index is 861. The Morgan fingerprint density at radius 2 is 1.71 bits per heavy atom. The molecule has 0 saturated carbocycles. The number of pyridine rings is 1. The van der Waals surface area contributed by atoms with Crippen LogP contribution >= 0.6 is 0 Å². The SMILES string of the molecule is O=C(NCc1ccc(N2CCCCC2)cc1)C(=O)Nc1cccnc1C(=O)O. The molecule has 1 fully saturated rings. The van der Waals surface area contributed by atoms with Crippen LogP contribution in [-0.4, -0.2) is 41.0 Å². The van der Waals surface area contributed by atoms with E-state index in [1.807, 2.05) is 24.3 Å². The fraction of sp³-hybridized carbons (Fsp3) is 0.300. The van der Waals surface area contributed by atoms with Crippen LogP contribution in [0.15, 0.2) is 42.6 Å². The first-order valence-electron chi connectivity index (χ1n) is 9.16. The Morgan fingerprint density at radius 3 is 2.39 bits per heavy atom. The molecule has 1 aliphatic heterocycles. The van der Waals surface area contributed by atoms with Crippen molar-refractivity contribution in [2.75, 3.05) is 23.3 Å². The second kappa shape index (κ2) is 8.98. The van der Waals surface area contributed by atoms with Gasteiger partial charge in [-0.2, -0.15) is 0 Å². The summed E-state index contributed by atoms with van der Waals surface area (Å²) >= 11 is 0. The largest absolute Gasteiger partial charge is 0.476 e. The van der Waals surface area contributed by atoms with E-state index in [9.17, 15) is 14.4 Å². The van der Waals surface area contributed by atoms with E-state index in [1.165, 1.54) is 37.6 Å². The van der Waals surface area contributed by atoms with Crippen molar-refractivity contribution in [3.05, 3.63) is 53.9 Å². The monoisotopic (exact) mass is 382 g/mol. The number of carbonyl (C=O) groups is 3. The number of nitrogens with zero attached hydrogens (tertiary/aromatic N) is 2. The van der Waals surface area contributed by atoms with Gasteiger partial charge in [-0.05, 0) is 49.1 Å². The lowest BCUT2D eigenvalue weighted by Gasteiger charge is -2.28. The number of carboxylic acids is 1. The maximum atomic E-state index is 12.0. The number of nitrogens with one attached hydrogen (secondary N) is 2. The first kappa shape index (κ1) is 19.3. The molecule has 1 aromatic heterocycles. The van der Waals surface area contributed by atoms with Gasteiger partial charge in [-0.1, -0.05) is 12.1 Å². The molecule has 146 valence electrons. The molecule has 8 heteroatoms. The molecule has 1 aromatic carbocycles. The molecule has 0 aliphatic carbocycles. The Kier molecular flexibility index (Phi) is 6.21. The van der Waals surface area contributed by atoms with E-state index < -0.39 is 17.8 Å². The Hall–Kier alpha value is -3.42. The van der Waals surface area contributed by atoms with Crippen LogP contribution in [0.1, 0.15) is 35.3 Å². The minimum atomic E-state index is -1.29. The molecular formula is C20H22N4O4. The third-order valence-electron chi connectivity index (χ3n) is 4.58. The van der Waals surface area contributed by atoms with Crippen molar-refractivity contribution in [1.29, 1.82) is 0 Å². The molecule has 8 nitrogen and oxygen atoms in total. The molecule has 1 aliphatic rings. The zero-order valence-electron chi connectivity index (χ0n) is 15.4. The van der Waals surface area contributed by atoms with Crippen molar-refractivity contribution >= 4 is 29.2 Å². The first-order chi connectivity index (χ1) is 13.5. The molecule has 0 bridgehead atoms. The van der Waals surface area contributed by atoms with E-state index in [2.05, 4.69) is 20.5 Å². The van der Waals surface area contributed by atoms with E-state index in [0.717, 1.165) is 24.3 Å². The second-order valence-electron chi connectivity index (χ2n) is 6.56. The molecule has 1 saturated heterocycles. The van der Waals surface area contributed by atoms with Crippen LogP contribution in [0.4, 0.5) is 11.4 Å². The average Bonchev–Trinajstić information content (AvgIpc) is 2.73. The lowest BCUT2D eigenvalue weighted by Crippen LogP contribution is -2.35. The van der Waals surface area contributed by atoms with Crippen LogP contribution < -0.4 is 15.5 Å². The number of rotatable bonds is 5. The maximum Gasteiger partial charge on any atom is 0.356 e. The Balaban J connectivity index is 1.53. The van der Waals surface area contributed by atoms with Crippen LogP contribution in [0.2, 0.25) is 0 Å². The summed E-state index contributed by atoms with van der Waals surface area (Å²) in [5.74, 6) is -3.08. The van der Waals surface area contributed by atoms with Crippen LogP contribution in [0, 0.1) is 0 Å². The number of aromatic carboxylic acids is 1. The summed E-state index contributed by atoms with van der Waals surface area (Å²) in [6.07, 6.45) is 4.98. The first-order valence-corrected chi connectivity index (χ1v) is 9.16. The summed E-state index contributed by atoms with van der Waals surface area (Å²) < 4.78 is 0. The number of piperidine rings is 1. The molecule has 2 amide bonds. The van der Waals surface area contributed by atoms with Crippen molar-refractivity contribution in [2.45, 2.75) is 25.8 Å². The number of hydrogen-bond donors (Lipinski definition) is 3. The van der Waals surface area contributed by atoms with Gasteiger partial charge in [0.15, 0.2) is 5.69 Å². The molecule has 0 unspecified atom stereocenters. The lowest BCUT2D eigenvalue weighted by molar-refractivity contribution is -0.136. The third kappa shape index (κ3) is 4.85. The number of amides is 2. The van der Waals surface area contributed by atoms with Crippen molar-refractivity contribution in [2.24, 2.45) is 0 Å². The normalized spacial score (nSPS) is 13.6. The van der Waals surface area contributed by atoms with E-state index in [1.54, 1.807) is 0 Å². The third-order valence-corrected chi connectivity index (χ3v) is 4.58. The number of aromatic nitrogens is 1. The number of benzene rings is 1. The summed E-state index contributed by atoms with van der Waals surface area (Å²) in [5, 5.41) is 13.9. The summed E-state index contributed by atoms with van der Waals surface area (Å²) in [6, 6.07) is 10.7. The topological polar surface area (TPSA) is 112 Å². The van der Waals surface area contributed by atoms with Crippen LogP contribution in [-0.2, 0) is 16.1 Å². The van der Waals surface area contributed by atoms with Gasteiger partial charge in [0, 0.05) is 31.5 Å². The van der Waals surface area contributed by atoms with E-state index >= 15 is 0 Å². The number of anilines is 2. The van der Waals surface area contributed by atoms with Crippen molar-refractivity contribution in [3.8, 4) is 0 Å². The van der Waals surface area contributed by atoms with Gasteiger partial charge < -0.3 is 20.6 Å². The highest BCUT2D eigenvalue weighted by atomic mass is 16.4. The Labute approximate surface area is 162 Å². The smallest absolute Gasteiger partial charge is 0.356 e. The van der Waals surface area contributed by atoms with Gasteiger partial charge in [0.1, 0.15) is 0 Å². The summed E-state index contributed by atoms with van der Waals surface area (Å²) in [4.78, 5) is 41.2. The van der Waals surface area contributed by atoms with Crippen molar-refractivity contribution in [3.63, 3.8) is 0 Å². The molecular weight excluding hydrogens is 360 g/mol. The number of carbonyl (C=O) groups excluding carboxylic acids is 2. The molecule has 0 spiro atoms. The standard InChI is InChI=1S/C20H22N4O4/c25-18(19(26)23-16-5-4-10-21-17(16)20(27)28)22-13-14-6-8-15(9-7-14)24-11-2-1-3-12-24/h4-10H,1-3,11-13H2,(H,22,25)(H,23,26)(H,27,28). The minimum absolute atomic E-state index is 0.0268. The van der Waals surface area contributed by atoms with Crippen molar-refractivity contribution in [1.82, 2.24) is 10.3 Å². The van der Waals surface area contributed by atoms with Gasteiger partial charge in [0.2, 0.25) is 0 Å². The highest BCUT2D eigenvalue weighted by Crippen LogP contribution is 2.20. The average molecular weight is 382 g/mol. The van der Waals surface area contributed by atoms with Crippen LogP contribution in [0.25, 0.3) is 0 Å². The highest BCUT2D eigenvalue weighted by molar-refractivity contribution is 6.39. The summed E-state index contributed by atoms with van der Waals surface area (Å²) in [7, 11) is 0. The molecule has 0 radical (unpaired) electrons. The lowest BCUT2D eigenvalue weighted by atomic mass is 10.1. The highest BCUT2D eigenvalue weighted by Gasteiger charge is 2.18. The quantitative estimate of drug-likeness (QED) is 0.682. The fourth-order valence-corrected chi connectivity index (χ4v) is 3.10. The summed E-state index contributed by atoms with van der Waals surface area (Å²) in [5.41, 5.74) is 1.68. The molecule has 28 heavy (non-hydrogen) atoms. The van der Waals surface area contributed by atoms with Gasteiger partial charge >= 0.3 is 17.8 Å². The van der Waals surface area contributed by atoms with Crippen LogP contribution in [0.3, 0.4) is 0 Å². The zero-order valence-corrected chi connectivity index (χ0v) is 15.4. The van der Waals surface area contributed by atoms with Gasteiger partial charge in [0.25, 0.3) is 0 Å². The minimum Gasteiger partial charge on any atom is -0.476 e. The van der Waals surface area contributed by atoms with Crippen LogP contribution in [0.5, 0.6) is 0 Å². The van der Waals surface area contributed by atoms with Gasteiger partial charge in [0.05, 0.1) is 5.69 Å². The Morgan fingerprint density at radius 1 is 1.00 bits per heavy atom. The maximum absolute atomic E-state index is 12.0. The predicted molar refractivity (Wildman–Crippen MR) is 104 cm³/mol. The number of carboxylic acid groups (broad SMARTS) is 1. The summed E-state index contributed by atoms with van der Waals surface area (Å²) in [6.45, 7) is 2.32. The van der Waals surface area contributed by atoms with Gasteiger partial charge in [-0.15, -0.1) is 0 Å². The van der Waals surface area contributed by atoms with Crippen molar-refractivity contribution < 1.29 is 19.5 Å². The predicted octanol–water partition coefficient (Wildman–Crippen LogP) is 2.02. The molecule has 2 heterocycles. The molecule has 2 aromatic rings. The fourth-order valence-electron chi connectivity index (χ4n) is 3.10. The van der Waals surface area contributed by atoms with E-state index in [0.29, 0.717) is 0 Å². The van der Waals surface area contributed by atoms with Gasteiger partial charge in [-0.25, -0.2) is 9.78 Å². The molecule has 0 atom stereocenters. The van der Waals surface area contributed by atoms with E-state index in [-0.39, 0.29) is 17.9 Å². The van der Waals surface area contributed by atoms with Gasteiger partial charge in [-0.3, -0.25) is 9.59 Å². The molecule has 3 N–H and O–H groups in total. The number of hydrogen-bond acceptors (Lipinski definition) is 5. The molecule has 3 rings (SSSR count).